The Labute approximate surface area is 143 Å². The summed E-state index contributed by atoms with van der Waals surface area (Å²) in [5.41, 5.74) is 17.9. The van der Waals surface area contributed by atoms with Crippen LogP contribution in [0.2, 0.25) is 5.02 Å². The van der Waals surface area contributed by atoms with Crippen LogP contribution >= 0.6 is 23.4 Å². The van der Waals surface area contributed by atoms with E-state index in [1.165, 1.54) is 17.8 Å². The molecule has 2 aromatic rings. The Morgan fingerprint density at radius 2 is 1.91 bits per heavy atom. The van der Waals surface area contributed by atoms with Crippen molar-refractivity contribution in [1.82, 2.24) is 0 Å². The first-order valence-corrected chi connectivity index (χ1v) is 8.26. The summed E-state index contributed by atoms with van der Waals surface area (Å²) >= 11 is 7.73. The van der Waals surface area contributed by atoms with Crippen molar-refractivity contribution in [3.05, 3.63) is 47.2 Å². The van der Waals surface area contributed by atoms with Gasteiger partial charge < -0.3 is 11.1 Å². The molecule has 2 aromatic carbocycles. The molecule has 0 fully saturated rings. The van der Waals surface area contributed by atoms with Crippen molar-refractivity contribution in [3.8, 4) is 11.1 Å². The first kappa shape index (κ1) is 17.6. The lowest BCUT2D eigenvalue weighted by Crippen LogP contribution is -2.34. The predicted octanol–water partition coefficient (Wildman–Crippen LogP) is 2.80. The highest BCUT2D eigenvalue weighted by Crippen LogP contribution is 2.33. The van der Waals surface area contributed by atoms with E-state index in [-0.39, 0.29) is 11.8 Å². The van der Waals surface area contributed by atoms with E-state index < -0.39 is 6.29 Å². The molecule has 0 aliphatic carbocycles. The standard InChI is InChI=1S/C15H17ClFN5S/c1-23-9-3-5-11(13(17)7-9)10-4-2-8(6-12(10)16)21-15(20)22-14(18)19/h2-7,14H,18-19H2,1H3,(H3,20,21,22). The minimum atomic E-state index is -0.902. The zero-order valence-electron chi connectivity index (χ0n) is 12.4. The number of anilines is 1. The number of hydrogen-bond acceptors (Lipinski definition) is 4. The van der Waals surface area contributed by atoms with E-state index in [4.69, 9.17) is 28.8 Å². The quantitative estimate of drug-likeness (QED) is 0.293. The van der Waals surface area contributed by atoms with E-state index in [0.717, 1.165) is 4.90 Å². The number of nitrogens with one attached hydrogen (secondary N) is 1. The number of aliphatic imine (C=N–C) groups is 1. The lowest BCUT2D eigenvalue weighted by Gasteiger charge is -2.11. The molecule has 0 saturated heterocycles. The van der Waals surface area contributed by atoms with Crippen LogP contribution in [0.3, 0.4) is 0 Å². The van der Waals surface area contributed by atoms with Crippen molar-refractivity contribution >= 4 is 35.0 Å². The molecule has 0 spiro atoms. The maximum Gasteiger partial charge on any atom is 0.195 e. The Balaban J connectivity index is 2.29. The first-order valence-electron chi connectivity index (χ1n) is 6.65. The molecular weight excluding hydrogens is 337 g/mol. The molecule has 0 atom stereocenters. The van der Waals surface area contributed by atoms with E-state index in [0.29, 0.717) is 21.8 Å². The van der Waals surface area contributed by atoms with Gasteiger partial charge in [-0.3, -0.25) is 11.5 Å². The Morgan fingerprint density at radius 1 is 1.22 bits per heavy atom. The van der Waals surface area contributed by atoms with Crippen molar-refractivity contribution in [2.45, 2.75) is 11.2 Å². The Morgan fingerprint density at radius 3 is 2.48 bits per heavy atom. The minimum absolute atomic E-state index is 0.0688. The van der Waals surface area contributed by atoms with Crippen LogP contribution in [0.5, 0.6) is 0 Å². The fourth-order valence-corrected chi connectivity index (χ4v) is 2.70. The summed E-state index contributed by atoms with van der Waals surface area (Å²) in [5, 5.41) is 3.20. The molecular formula is C15H17ClFN5S. The number of guanidine groups is 1. The van der Waals surface area contributed by atoms with Gasteiger partial charge >= 0.3 is 0 Å². The second kappa shape index (κ2) is 7.65. The molecule has 0 amide bonds. The van der Waals surface area contributed by atoms with Crippen LogP contribution in [0.25, 0.3) is 11.1 Å². The first-order chi connectivity index (χ1) is 10.9. The van der Waals surface area contributed by atoms with Crippen molar-refractivity contribution in [3.63, 3.8) is 0 Å². The van der Waals surface area contributed by atoms with Gasteiger partial charge in [0, 0.05) is 21.7 Å². The number of thioether (sulfide) groups is 1. The molecule has 0 aliphatic rings. The largest absolute Gasteiger partial charge is 0.370 e. The molecule has 122 valence electrons. The van der Waals surface area contributed by atoms with Crippen molar-refractivity contribution in [2.75, 3.05) is 11.6 Å². The number of rotatable bonds is 4. The molecule has 0 heterocycles. The Kier molecular flexibility index (Phi) is 5.84. The molecule has 0 unspecified atom stereocenters. The normalized spacial score (nSPS) is 11.8. The molecule has 0 aliphatic heterocycles. The van der Waals surface area contributed by atoms with Crippen LogP contribution in [-0.4, -0.2) is 18.5 Å². The van der Waals surface area contributed by atoms with Crippen molar-refractivity contribution in [2.24, 2.45) is 22.2 Å². The summed E-state index contributed by atoms with van der Waals surface area (Å²) in [7, 11) is 0. The van der Waals surface area contributed by atoms with Gasteiger partial charge in [-0.15, -0.1) is 11.8 Å². The molecule has 23 heavy (non-hydrogen) atoms. The lowest BCUT2D eigenvalue weighted by molar-refractivity contribution is 0.628. The van der Waals surface area contributed by atoms with Gasteiger partial charge in [0.05, 0.1) is 5.02 Å². The smallest absolute Gasteiger partial charge is 0.195 e. The molecule has 0 saturated carbocycles. The molecule has 0 aromatic heterocycles. The van der Waals surface area contributed by atoms with E-state index >= 15 is 0 Å². The fraction of sp³-hybridized carbons (Fsp3) is 0.133. The van der Waals surface area contributed by atoms with Gasteiger partial charge in [0.2, 0.25) is 0 Å². The Bertz CT molecular complexity index is 736. The third kappa shape index (κ3) is 4.59. The number of benzene rings is 2. The minimum Gasteiger partial charge on any atom is -0.370 e. The average Bonchev–Trinajstić information content (AvgIpc) is 2.47. The van der Waals surface area contributed by atoms with Gasteiger partial charge in [0.25, 0.3) is 0 Å². The maximum atomic E-state index is 14.2. The zero-order valence-corrected chi connectivity index (χ0v) is 14.0. The number of nitrogens with zero attached hydrogens (tertiary/aromatic N) is 1. The molecule has 2 rings (SSSR count). The monoisotopic (exact) mass is 353 g/mol. The van der Waals surface area contributed by atoms with Crippen LogP contribution in [-0.2, 0) is 0 Å². The number of halogens is 2. The second-order valence-corrected chi connectivity index (χ2v) is 5.96. The van der Waals surface area contributed by atoms with E-state index in [1.54, 1.807) is 24.3 Å². The van der Waals surface area contributed by atoms with E-state index in [2.05, 4.69) is 10.3 Å². The number of nitrogens with two attached hydrogens (primary N) is 3. The highest BCUT2D eigenvalue weighted by Gasteiger charge is 2.10. The molecule has 0 radical (unpaired) electrons. The highest BCUT2D eigenvalue weighted by atomic mass is 35.5. The third-order valence-corrected chi connectivity index (χ3v) is 4.03. The average molecular weight is 354 g/mol. The summed E-state index contributed by atoms with van der Waals surface area (Å²) in [6.07, 6.45) is 0.988. The summed E-state index contributed by atoms with van der Waals surface area (Å²) in [6.45, 7) is 0. The van der Waals surface area contributed by atoms with Crippen LogP contribution in [0, 0.1) is 5.82 Å². The van der Waals surface area contributed by atoms with Gasteiger partial charge in [-0.05, 0) is 30.5 Å². The zero-order chi connectivity index (χ0) is 17.0. The van der Waals surface area contributed by atoms with Crippen LogP contribution in [0.15, 0.2) is 46.3 Å². The van der Waals surface area contributed by atoms with Gasteiger partial charge in [-0.25, -0.2) is 9.38 Å². The Hall–Kier alpha value is -1.80. The second-order valence-electron chi connectivity index (χ2n) is 4.67. The van der Waals surface area contributed by atoms with E-state index in [1.807, 2.05) is 12.3 Å². The lowest BCUT2D eigenvalue weighted by atomic mass is 10.0. The third-order valence-electron chi connectivity index (χ3n) is 3.00. The van der Waals surface area contributed by atoms with E-state index in [9.17, 15) is 4.39 Å². The van der Waals surface area contributed by atoms with Crippen LogP contribution in [0.1, 0.15) is 0 Å². The van der Waals surface area contributed by atoms with Crippen molar-refractivity contribution < 1.29 is 4.39 Å². The summed E-state index contributed by atoms with van der Waals surface area (Å²) in [5.74, 6) is -0.256. The summed E-state index contributed by atoms with van der Waals surface area (Å²) < 4.78 is 14.2. The molecule has 0 bridgehead atoms. The van der Waals surface area contributed by atoms with Gasteiger partial charge in [0.15, 0.2) is 12.2 Å². The maximum absolute atomic E-state index is 14.2. The van der Waals surface area contributed by atoms with Gasteiger partial charge in [-0.1, -0.05) is 23.7 Å². The van der Waals surface area contributed by atoms with Crippen LogP contribution < -0.4 is 22.5 Å². The van der Waals surface area contributed by atoms with Crippen LogP contribution in [0.4, 0.5) is 10.1 Å². The summed E-state index contributed by atoms with van der Waals surface area (Å²) in [6, 6.07) is 10.1. The molecule has 8 heteroatoms. The molecule has 5 nitrogen and oxygen atoms in total. The SMILES string of the molecule is CSc1ccc(-c2ccc(NC(N)=NC(N)N)cc2Cl)c(F)c1. The highest BCUT2D eigenvalue weighted by molar-refractivity contribution is 7.98. The predicted molar refractivity (Wildman–Crippen MR) is 96.0 cm³/mol. The van der Waals surface area contributed by atoms with Gasteiger partial charge in [-0.2, -0.15) is 0 Å². The van der Waals surface area contributed by atoms with Crippen molar-refractivity contribution in [1.29, 1.82) is 0 Å². The topological polar surface area (TPSA) is 102 Å². The molecule has 7 N–H and O–H groups in total. The van der Waals surface area contributed by atoms with Gasteiger partial charge in [0.1, 0.15) is 5.82 Å². The fourth-order valence-electron chi connectivity index (χ4n) is 1.99. The number of hydrogen-bond donors (Lipinski definition) is 4. The summed E-state index contributed by atoms with van der Waals surface area (Å²) in [4.78, 5) is 4.60.